The lowest BCUT2D eigenvalue weighted by atomic mass is 10.2. The fourth-order valence-electron chi connectivity index (χ4n) is 2.22. The summed E-state index contributed by atoms with van der Waals surface area (Å²) >= 11 is 5.83. The first-order valence-electron chi connectivity index (χ1n) is 8.70. The number of anilines is 2. The molecule has 0 aliphatic heterocycles. The van der Waals surface area contributed by atoms with E-state index in [1.807, 2.05) is 6.92 Å². The quantitative estimate of drug-likeness (QED) is 0.622. The van der Waals surface area contributed by atoms with Gasteiger partial charge in [-0.1, -0.05) is 17.7 Å². The van der Waals surface area contributed by atoms with Crippen LogP contribution in [0.1, 0.15) is 19.8 Å². The SMILES string of the molecule is CCOc1ccc(NC(=O)CCC(=O)OCC(=O)Nc2cccc(Cl)c2)cc1. The molecule has 8 heteroatoms. The second-order valence-corrected chi connectivity index (χ2v) is 6.16. The number of benzene rings is 2. The van der Waals surface area contributed by atoms with Gasteiger partial charge < -0.3 is 20.1 Å². The molecule has 148 valence electrons. The highest BCUT2D eigenvalue weighted by molar-refractivity contribution is 6.30. The van der Waals surface area contributed by atoms with Crippen molar-refractivity contribution in [2.75, 3.05) is 23.8 Å². The Morgan fingerprint density at radius 2 is 1.64 bits per heavy atom. The zero-order valence-corrected chi connectivity index (χ0v) is 16.1. The number of halogens is 1. The second-order valence-electron chi connectivity index (χ2n) is 5.72. The Balaban J connectivity index is 1.67. The molecule has 7 nitrogen and oxygen atoms in total. The van der Waals surface area contributed by atoms with Gasteiger partial charge in [-0.3, -0.25) is 14.4 Å². The van der Waals surface area contributed by atoms with Crippen LogP contribution < -0.4 is 15.4 Å². The van der Waals surface area contributed by atoms with Crippen molar-refractivity contribution >= 4 is 40.8 Å². The minimum absolute atomic E-state index is 0.0536. The molecule has 2 N–H and O–H groups in total. The first-order chi connectivity index (χ1) is 13.5. The average Bonchev–Trinajstić information content (AvgIpc) is 2.66. The van der Waals surface area contributed by atoms with Gasteiger partial charge in [-0.25, -0.2) is 0 Å². The van der Waals surface area contributed by atoms with Gasteiger partial charge in [0.15, 0.2) is 6.61 Å². The molecule has 0 bridgehead atoms. The number of esters is 1. The maximum absolute atomic E-state index is 11.9. The van der Waals surface area contributed by atoms with Crippen molar-refractivity contribution in [2.24, 2.45) is 0 Å². The number of ether oxygens (including phenoxy) is 2. The number of carbonyl (C=O) groups is 3. The van der Waals surface area contributed by atoms with E-state index < -0.39 is 18.5 Å². The van der Waals surface area contributed by atoms with E-state index in [9.17, 15) is 14.4 Å². The maximum Gasteiger partial charge on any atom is 0.306 e. The number of carbonyl (C=O) groups excluding carboxylic acids is 3. The fraction of sp³-hybridized carbons (Fsp3) is 0.250. The van der Waals surface area contributed by atoms with Crippen LogP contribution in [0.15, 0.2) is 48.5 Å². The van der Waals surface area contributed by atoms with Gasteiger partial charge in [0, 0.05) is 22.8 Å². The number of hydrogen-bond donors (Lipinski definition) is 2. The zero-order chi connectivity index (χ0) is 20.4. The molecule has 28 heavy (non-hydrogen) atoms. The van der Waals surface area contributed by atoms with Crippen molar-refractivity contribution in [3.63, 3.8) is 0 Å². The highest BCUT2D eigenvalue weighted by Gasteiger charge is 2.11. The lowest BCUT2D eigenvalue weighted by Crippen LogP contribution is -2.21. The highest BCUT2D eigenvalue weighted by atomic mass is 35.5. The molecular weight excluding hydrogens is 384 g/mol. The Hall–Kier alpha value is -3.06. The van der Waals surface area contributed by atoms with E-state index in [4.69, 9.17) is 21.1 Å². The summed E-state index contributed by atoms with van der Waals surface area (Å²) in [5.74, 6) is -0.748. The third kappa shape index (κ3) is 7.67. The Bertz CT molecular complexity index is 824. The Morgan fingerprint density at radius 3 is 2.32 bits per heavy atom. The van der Waals surface area contributed by atoms with Crippen LogP contribution in [0.25, 0.3) is 0 Å². The van der Waals surface area contributed by atoms with Crippen molar-refractivity contribution in [3.8, 4) is 5.75 Å². The molecule has 2 aromatic carbocycles. The Kier molecular flexibility index (Phi) is 8.30. The maximum atomic E-state index is 11.9. The Labute approximate surface area is 168 Å². The molecule has 0 aliphatic carbocycles. The van der Waals surface area contributed by atoms with Crippen LogP contribution in [0.2, 0.25) is 5.02 Å². The van der Waals surface area contributed by atoms with E-state index >= 15 is 0 Å². The normalized spacial score (nSPS) is 10.1. The van der Waals surface area contributed by atoms with Crippen molar-refractivity contribution < 1.29 is 23.9 Å². The summed E-state index contributed by atoms with van der Waals surface area (Å²) in [6.07, 6.45) is -0.185. The zero-order valence-electron chi connectivity index (χ0n) is 15.4. The van der Waals surface area contributed by atoms with Crippen LogP contribution >= 0.6 is 11.6 Å². The average molecular weight is 405 g/mol. The highest BCUT2D eigenvalue weighted by Crippen LogP contribution is 2.16. The predicted octanol–water partition coefficient (Wildman–Crippen LogP) is 3.64. The topological polar surface area (TPSA) is 93.7 Å². The molecule has 0 radical (unpaired) electrons. The van der Waals surface area contributed by atoms with Crippen molar-refractivity contribution in [1.29, 1.82) is 0 Å². The largest absolute Gasteiger partial charge is 0.494 e. The van der Waals surface area contributed by atoms with Gasteiger partial charge in [-0.15, -0.1) is 0 Å². The van der Waals surface area contributed by atoms with E-state index in [0.29, 0.717) is 28.8 Å². The summed E-state index contributed by atoms with van der Waals surface area (Å²) in [5.41, 5.74) is 1.10. The van der Waals surface area contributed by atoms with Gasteiger partial charge in [0.2, 0.25) is 5.91 Å². The second kappa shape index (κ2) is 10.9. The third-order valence-electron chi connectivity index (χ3n) is 3.48. The van der Waals surface area contributed by atoms with Crippen LogP contribution in [0.4, 0.5) is 11.4 Å². The van der Waals surface area contributed by atoms with Crippen molar-refractivity contribution in [3.05, 3.63) is 53.6 Å². The van der Waals surface area contributed by atoms with Crippen LogP contribution in [0, 0.1) is 0 Å². The summed E-state index contributed by atoms with van der Waals surface area (Å²) in [6, 6.07) is 13.5. The summed E-state index contributed by atoms with van der Waals surface area (Å²) in [4.78, 5) is 35.4. The van der Waals surface area contributed by atoms with Gasteiger partial charge in [-0.2, -0.15) is 0 Å². The first kappa shape index (κ1) is 21.2. The summed E-state index contributed by atoms with van der Waals surface area (Å²) in [6.45, 7) is 2.01. The van der Waals surface area contributed by atoms with Crippen LogP contribution in [0.5, 0.6) is 5.75 Å². The first-order valence-corrected chi connectivity index (χ1v) is 9.08. The van der Waals surface area contributed by atoms with Crippen LogP contribution in [0.3, 0.4) is 0 Å². The molecule has 2 amide bonds. The molecule has 2 aromatic rings. The third-order valence-corrected chi connectivity index (χ3v) is 3.71. The molecule has 0 saturated carbocycles. The van der Waals surface area contributed by atoms with Gasteiger partial charge in [0.25, 0.3) is 5.91 Å². The Morgan fingerprint density at radius 1 is 0.929 bits per heavy atom. The van der Waals surface area contributed by atoms with Crippen molar-refractivity contribution in [2.45, 2.75) is 19.8 Å². The number of amides is 2. The molecule has 2 rings (SSSR count). The lowest BCUT2D eigenvalue weighted by Gasteiger charge is -2.08. The van der Waals surface area contributed by atoms with Gasteiger partial charge in [-0.05, 0) is 49.4 Å². The van der Waals surface area contributed by atoms with E-state index in [1.54, 1.807) is 48.5 Å². The van der Waals surface area contributed by atoms with Crippen molar-refractivity contribution in [1.82, 2.24) is 0 Å². The molecule has 0 heterocycles. The summed E-state index contributed by atoms with van der Waals surface area (Å²) < 4.78 is 10.2. The molecule has 0 aromatic heterocycles. The van der Waals surface area contributed by atoms with Crippen LogP contribution in [-0.4, -0.2) is 31.0 Å². The fourth-order valence-corrected chi connectivity index (χ4v) is 2.41. The van der Waals surface area contributed by atoms with Crippen LogP contribution in [-0.2, 0) is 19.1 Å². The standard InChI is InChI=1S/C20H21ClN2O5/c1-2-27-17-8-6-15(7-9-17)22-18(24)10-11-20(26)28-13-19(25)23-16-5-3-4-14(21)12-16/h3-9,12H,2,10-11,13H2,1H3,(H,22,24)(H,23,25). The molecule has 0 spiro atoms. The minimum Gasteiger partial charge on any atom is -0.494 e. The number of rotatable bonds is 9. The number of hydrogen-bond acceptors (Lipinski definition) is 5. The molecule has 0 unspecified atom stereocenters. The van der Waals surface area contributed by atoms with E-state index in [-0.39, 0.29) is 18.7 Å². The molecule has 0 fully saturated rings. The van der Waals surface area contributed by atoms with Gasteiger partial charge >= 0.3 is 5.97 Å². The molecule has 0 saturated heterocycles. The molecule has 0 atom stereocenters. The summed E-state index contributed by atoms with van der Waals surface area (Å²) in [5, 5.41) is 5.71. The smallest absolute Gasteiger partial charge is 0.306 e. The van der Waals surface area contributed by atoms with E-state index in [1.165, 1.54) is 0 Å². The van der Waals surface area contributed by atoms with E-state index in [2.05, 4.69) is 10.6 Å². The lowest BCUT2D eigenvalue weighted by molar-refractivity contribution is -0.147. The monoisotopic (exact) mass is 404 g/mol. The van der Waals surface area contributed by atoms with Gasteiger partial charge in [0.05, 0.1) is 13.0 Å². The summed E-state index contributed by atoms with van der Waals surface area (Å²) in [7, 11) is 0. The predicted molar refractivity (Wildman–Crippen MR) is 107 cm³/mol. The molecule has 0 aliphatic rings. The van der Waals surface area contributed by atoms with E-state index in [0.717, 1.165) is 0 Å². The minimum atomic E-state index is -0.636. The van der Waals surface area contributed by atoms with Gasteiger partial charge in [0.1, 0.15) is 5.75 Å². The molecular formula is C20H21ClN2O5. The number of nitrogens with one attached hydrogen (secondary N) is 2.